The summed E-state index contributed by atoms with van der Waals surface area (Å²) in [5, 5.41) is 4.25. The van der Waals surface area contributed by atoms with Gasteiger partial charge in [-0.25, -0.2) is 15.0 Å². The van der Waals surface area contributed by atoms with Crippen LogP contribution in [-0.2, 0) is 0 Å². The molecule has 56 heavy (non-hydrogen) atoms. The number of hydrogen-bond acceptors (Lipinski definition) is 5. The van der Waals surface area contributed by atoms with Crippen LogP contribution < -0.4 is 0 Å². The Kier molecular flexibility index (Phi) is 7.42. The summed E-state index contributed by atoms with van der Waals surface area (Å²) in [6.07, 6.45) is 0. The van der Waals surface area contributed by atoms with E-state index in [4.69, 9.17) is 23.8 Å². The number of para-hydroxylation sites is 1. The van der Waals surface area contributed by atoms with Crippen molar-refractivity contribution < 1.29 is 8.83 Å². The molecule has 0 unspecified atom stereocenters. The molecule has 8 aromatic carbocycles. The average Bonchev–Trinajstić information content (AvgIpc) is 3.84. The predicted octanol–water partition coefficient (Wildman–Crippen LogP) is 13.7. The lowest BCUT2D eigenvalue weighted by Crippen LogP contribution is -2.00. The molecule has 0 aliphatic carbocycles. The fourth-order valence-electron chi connectivity index (χ4n) is 7.76. The number of rotatable bonds is 6. The maximum absolute atomic E-state index is 6.54. The molecule has 11 aromatic rings. The molecule has 0 aliphatic rings. The maximum atomic E-state index is 6.54. The summed E-state index contributed by atoms with van der Waals surface area (Å²) in [5.41, 5.74) is 12.7. The summed E-state index contributed by atoms with van der Waals surface area (Å²) in [5.74, 6) is 1.80. The van der Waals surface area contributed by atoms with Gasteiger partial charge in [0.05, 0.1) is 0 Å². The smallest absolute Gasteiger partial charge is 0.164 e. The van der Waals surface area contributed by atoms with Crippen LogP contribution in [0.3, 0.4) is 0 Å². The van der Waals surface area contributed by atoms with E-state index in [-0.39, 0.29) is 0 Å². The van der Waals surface area contributed by atoms with Crippen molar-refractivity contribution >= 4 is 43.9 Å². The lowest BCUT2D eigenvalue weighted by Gasteiger charge is -2.09. The molecule has 0 aliphatic heterocycles. The molecule has 0 radical (unpaired) electrons. The van der Waals surface area contributed by atoms with Gasteiger partial charge in [0.2, 0.25) is 0 Å². The number of benzene rings is 8. The summed E-state index contributed by atoms with van der Waals surface area (Å²) < 4.78 is 13.0. The number of fused-ring (bicyclic) bond motifs is 6. The van der Waals surface area contributed by atoms with Crippen LogP contribution in [0.1, 0.15) is 0 Å². The van der Waals surface area contributed by atoms with Crippen molar-refractivity contribution in [1.82, 2.24) is 15.0 Å². The zero-order valence-corrected chi connectivity index (χ0v) is 30.1. The van der Waals surface area contributed by atoms with Crippen molar-refractivity contribution in [3.8, 4) is 67.5 Å². The van der Waals surface area contributed by atoms with Crippen LogP contribution in [0.15, 0.2) is 197 Å². The number of nitrogens with zero attached hydrogens (tertiary/aromatic N) is 3. The standard InChI is InChI=1S/C51H31N3O2/c1-4-12-32(13-5-1)34-20-22-36(23-21-34)50-52-49(35-16-8-3-9-17-35)53-51(54-50)38-24-26-40-43-28-37(25-27-45(43)55-46(40)30-38)42-29-39(33-14-6-2-7-15-33)31-47-48(42)41-18-10-11-19-44(41)56-47/h1-31H. The summed E-state index contributed by atoms with van der Waals surface area (Å²) in [7, 11) is 0. The van der Waals surface area contributed by atoms with Crippen molar-refractivity contribution in [2.75, 3.05) is 0 Å². The third kappa shape index (κ3) is 5.53. The highest BCUT2D eigenvalue weighted by Crippen LogP contribution is 2.42. The third-order valence-corrected chi connectivity index (χ3v) is 10.5. The molecule has 262 valence electrons. The van der Waals surface area contributed by atoms with Gasteiger partial charge in [0.1, 0.15) is 22.3 Å². The van der Waals surface area contributed by atoms with Crippen LogP contribution in [0.5, 0.6) is 0 Å². The van der Waals surface area contributed by atoms with Crippen LogP contribution in [0.2, 0.25) is 0 Å². The monoisotopic (exact) mass is 717 g/mol. The Morgan fingerprint density at radius 3 is 1.46 bits per heavy atom. The van der Waals surface area contributed by atoms with E-state index < -0.39 is 0 Å². The lowest BCUT2D eigenvalue weighted by atomic mass is 9.93. The Hall–Kier alpha value is -7.63. The maximum Gasteiger partial charge on any atom is 0.164 e. The zero-order valence-electron chi connectivity index (χ0n) is 30.1. The Labute approximate surface area is 322 Å². The largest absolute Gasteiger partial charge is 0.456 e. The zero-order chi connectivity index (χ0) is 37.0. The minimum atomic E-state index is 0.580. The Bertz CT molecular complexity index is 3220. The Morgan fingerprint density at radius 1 is 0.268 bits per heavy atom. The van der Waals surface area contributed by atoms with Crippen molar-refractivity contribution in [3.05, 3.63) is 188 Å². The third-order valence-electron chi connectivity index (χ3n) is 10.5. The molecule has 3 aromatic heterocycles. The molecule has 0 bridgehead atoms. The highest BCUT2D eigenvalue weighted by atomic mass is 16.3. The Balaban J connectivity index is 1.03. The van der Waals surface area contributed by atoms with Crippen molar-refractivity contribution in [3.63, 3.8) is 0 Å². The molecule has 0 atom stereocenters. The summed E-state index contributed by atoms with van der Waals surface area (Å²) >= 11 is 0. The van der Waals surface area contributed by atoms with Crippen LogP contribution >= 0.6 is 0 Å². The predicted molar refractivity (Wildman–Crippen MR) is 227 cm³/mol. The summed E-state index contributed by atoms with van der Waals surface area (Å²) in [4.78, 5) is 15.0. The highest BCUT2D eigenvalue weighted by Gasteiger charge is 2.18. The van der Waals surface area contributed by atoms with E-state index in [1.54, 1.807) is 0 Å². The molecule has 0 fully saturated rings. The molecule has 0 amide bonds. The normalized spacial score (nSPS) is 11.6. The second-order valence-electron chi connectivity index (χ2n) is 14.0. The first-order chi connectivity index (χ1) is 27.7. The van der Waals surface area contributed by atoms with Crippen molar-refractivity contribution in [1.29, 1.82) is 0 Å². The Morgan fingerprint density at radius 2 is 0.750 bits per heavy atom. The molecular formula is C51H31N3O2. The van der Waals surface area contributed by atoms with Gasteiger partial charge in [-0.05, 0) is 75.8 Å². The van der Waals surface area contributed by atoms with Gasteiger partial charge in [-0.15, -0.1) is 0 Å². The summed E-state index contributed by atoms with van der Waals surface area (Å²) in [6.45, 7) is 0. The quantitative estimate of drug-likeness (QED) is 0.171. The molecule has 0 saturated heterocycles. The van der Waals surface area contributed by atoms with Gasteiger partial charge < -0.3 is 8.83 Å². The fraction of sp³-hybridized carbons (Fsp3) is 0. The average molecular weight is 718 g/mol. The van der Waals surface area contributed by atoms with Crippen LogP contribution in [0, 0.1) is 0 Å². The van der Waals surface area contributed by atoms with Gasteiger partial charge >= 0.3 is 0 Å². The highest BCUT2D eigenvalue weighted by molar-refractivity contribution is 6.15. The second-order valence-corrected chi connectivity index (χ2v) is 14.0. The molecule has 0 N–H and O–H groups in total. The van der Waals surface area contributed by atoms with Gasteiger partial charge in [0.15, 0.2) is 17.5 Å². The van der Waals surface area contributed by atoms with Gasteiger partial charge in [-0.2, -0.15) is 0 Å². The van der Waals surface area contributed by atoms with E-state index in [1.807, 2.05) is 60.7 Å². The van der Waals surface area contributed by atoms with Gasteiger partial charge in [0.25, 0.3) is 0 Å². The molecular weight excluding hydrogens is 687 g/mol. The van der Waals surface area contributed by atoms with Crippen LogP contribution in [0.4, 0.5) is 0 Å². The molecule has 5 nitrogen and oxygen atoms in total. The minimum Gasteiger partial charge on any atom is -0.456 e. The van der Waals surface area contributed by atoms with Crippen molar-refractivity contribution in [2.45, 2.75) is 0 Å². The molecule has 3 heterocycles. The van der Waals surface area contributed by atoms with Crippen LogP contribution in [-0.4, -0.2) is 15.0 Å². The second kappa shape index (κ2) is 13.0. The van der Waals surface area contributed by atoms with Crippen LogP contribution in [0.25, 0.3) is 111 Å². The van der Waals surface area contributed by atoms with Gasteiger partial charge in [-0.1, -0.05) is 146 Å². The number of hydrogen-bond donors (Lipinski definition) is 0. The number of furan rings is 2. The van der Waals surface area contributed by atoms with E-state index in [2.05, 4.69) is 127 Å². The molecule has 5 heteroatoms. The van der Waals surface area contributed by atoms with Gasteiger partial charge in [0, 0.05) is 38.2 Å². The first-order valence-electron chi connectivity index (χ1n) is 18.7. The first kappa shape index (κ1) is 31.9. The van der Waals surface area contributed by atoms with E-state index in [0.29, 0.717) is 17.5 Å². The van der Waals surface area contributed by atoms with E-state index in [9.17, 15) is 0 Å². The molecule has 0 spiro atoms. The van der Waals surface area contributed by atoms with E-state index >= 15 is 0 Å². The number of aromatic nitrogens is 3. The summed E-state index contributed by atoms with van der Waals surface area (Å²) in [6, 6.07) is 64.6. The first-order valence-corrected chi connectivity index (χ1v) is 18.7. The lowest BCUT2D eigenvalue weighted by molar-refractivity contribution is 0.669. The SMILES string of the molecule is c1ccc(-c2ccc(-c3nc(-c4ccccc4)nc(-c4ccc5c(c4)oc4ccc(-c6cc(-c7ccccc7)cc7oc8ccccc8c67)cc45)n3)cc2)cc1. The minimum absolute atomic E-state index is 0.580. The van der Waals surface area contributed by atoms with E-state index in [1.165, 1.54) is 0 Å². The topological polar surface area (TPSA) is 65.0 Å². The van der Waals surface area contributed by atoms with Crippen molar-refractivity contribution in [2.24, 2.45) is 0 Å². The van der Waals surface area contributed by atoms with E-state index in [0.717, 1.165) is 93.9 Å². The molecule has 0 saturated carbocycles. The van der Waals surface area contributed by atoms with Gasteiger partial charge in [-0.3, -0.25) is 0 Å². The fourth-order valence-corrected chi connectivity index (χ4v) is 7.76. The molecule has 11 rings (SSSR count).